The predicted octanol–water partition coefficient (Wildman–Crippen LogP) is 4.90. The Morgan fingerprint density at radius 1 is 0.971 bits per heavy atom. The van der Waals surface area contributed by atoms with Crippen molar-refractivity contribution in [3.63, 3.8) is 0 Å². The van der Waals surface area contributed by atoms with E-state index in [4.69, 9.17) is 0 Å². The molecule has 1 aromatic heterocycles. The Morgan fingerprint density at radius 3 is 2.29 bits per heavy atom. The van der Waals surface area contributed by atoms with Crippen LogP contribution in [0.3, 0.4) is 0 Å². The van der Waals surface area contributed by atoms with Gasteiger partial charge in [0.2, 0.25) is 5.91 Å². The van der Waals surface area contributed by atoms with Gasteiger partial charge in [0, 0.05) is 5.69 Å². The smallest absolute Gasteiger partial charge is 0.406 e. The Labute approximate surface area is 196 Å². The van der Waals surface area contributed by atoms with Crippen LogP contribution in [0, 0.1) is 0 Å². The maximum atomic E-state index is 13.3. The number of nitrogens with one attached hydrogen (secondary N) is 1. The highest BCUT2D eigenvalue weighted by molar-refractivity contribution is 8.00. The van der Waals surface area contributed by atoms with Crippen molar-refractivity contribution in [2.75, 3.05) is 11.1 Å². The van der Waals surface area contributed by atoms with E-state index in [0.29, 0.717) is 11.0 Å². The second-order valence-corrected chi connectivity index (χ2v) is 9.60. The minimum Gasteiger partial charge on any atom is -0.406 e. The first-order valence-electron chi connectivity index (χ1n) is 9.70. The standard InChI is InChI=1S/C22H16F3N3O4S2/c23-22(24,25)32-16-12-10-15(11-13-16)26-20(29)14-33-21-27-18-8-4-5-9-19(18)28(21)34(30,31)17-6-2-1-3-7-17/h1-13H,14H2,(H,26,29). The lowest BCUT2D eigenvalue weighted by molar-refractivity contribution is -0.274. The van der Waals surface area contributed by atoms with Gasteiger partial charge in [-0.15, -0.1) is 13.2 Å². The molecule has 12 heteroatoms. The molecule has 0 aliphatic carbocycles. The number of halogens is 3. The number of anilines is 1. The monoisotopic (exact) mass is 507 g/mol. The Bertz CT molecular complexity index is 1420. The fraction of sp³-hybridized carbons (Fsp3) is 0.0909. The number of alkyl halides is 3. The lowest BCUT2D eigenvalue weighted by Crippen LogP contribution is -2.18. The third-order valence-corrected chi connectivity index (χ3v) is 7.25. The minimum absolute atomic E-state index is 0.0746. The number of thioether (sulfide) groups is 1. The number of benzene rings is 3. The number of para-hydroxylation sites is 2. The Kier molecular flexibility index (Phi) is 6.53. The highest BCUT2D eigenvalue weighted by Crippen LogP contribution is 2.29. The molecule has 4 aromatic rings. The van der Waals surface area contributed by atoms with E-state index in [-0.39, 0.29) is 21.5 Å². The average molecular weight is 508 g/mol. The summed E-state index contributed by atoms with van der Waals surface area (Å²) in [6, 6.07) is 19.2. The molecule has 0 saturated heterocycles. The number of hydrogen-bond acceptors (Lipinski definition) is 6. The van der Waals surface area contributed by atoms with E-state index in [9.17, 15) is 26.4 Å². The summed E-state index contributed by atoms with van der Waals surface area (Å²) in [5, 5.41) is 2.65. The molecule has 0 bridgehead atoms. The third kappa shape index (κ3) is 5.34. The molecule has 0 unspecified atom stereocenters. The molecule has 0 aliphatic rings. The topological polar surface area (TPSA) is 90.3 Å². The number of carbonyl (C=O) groups excluding carboxylic acids is 1. The fourth-order valence-electron chi connectivity index (χ4n) is 3.07. The zero-order valence-electron chi connectivity index (χ0n) is 17.2. The van der Waals surface area contributed by atoms with Crippen LogP contribution >= 0.6 is 11.8 Å². The van der Waals surface area contributed by atoms with Crippen LogP contribution in [0.1, 0.15) is 0 Å². The van der Waals surface area contributed by atoms with Crippen molar-refractivity contribution in [1.82, 2.24) is 8.96 Å². The number of rotatable bonds is 7. The van der Waals surface area contributed by atoms with Gasteiger partial charge >= 0.3 is 6.36 Å². The van der Waals surface area contributed by atoms with Crippen molar-refractivity contribution in [3.8, 4) is 5.75 Å². The molecule has 1 amide bonds. The van der Waals surface area contributed by atoms with Gasteiger partial charge in [0.05, 0.1) is 21.7 Å². The van der Waals surface area contributed by atoms with Gasteiger partial charge in [0.25, 0.3) is 10.0 Å². The van der Waals surface area contributed by atoms with Crippen molar-refractivity contribution in [1.29, 1.82) is 0 Å². The third-order valence-electron chi connectivity index (χ3n) is 4.48. The molecule has 4 rings (SSSR count). The predicted molar refractivity (Wildman–Crippen MR) is 121 cm³/mol. The van der Waals surface area contributed by atoms with Gasteiger partial charge in [-0.05, 0) is 48.5 Å². The summed E-state index contributed by atoms with van der Waals surface area (Å²) >= 11 is 0.920. The molecule has 0 fully saturated rings. The number of ether oxygens (including phenoxy) is 1. The normalized spacial score (nSPS) is 12.0. The molecule has 0 atom stereocenters. The Hall–Kier alpha value is -3.51. The van der Waals surface area contributed by atoms with Gasteiger partial charge in [0.15, 0.2) is 5.16 Å². The van der Waals surface area contributed by atoms with Crippen molar-refractivity contribution >= 4 is 44.4 Å². The van der Waals surface area contributed by atoms with Gasteiger partial charge in [-0.1, -0.05) is 42.1 Å². The first-order chi connectivity index (χ1) is 16.1. The maximum Gasteiger partial charge on any atom is 0.573 e. The quantitative estimate of drug-likeness (QED) is 0.358. The van der Waals surface area contributed by atoms with Gasteiger partial charge in [-0.25, -0.2) is 17.4 Å². The number of carbonyl (C=O) groups is 1. The van der Waals surface area contributed by atoms with Gasteiger partial charge in [0.1, 0.15) is 5.75 Å². The molecular formula is C22H16F3N3O4S2. The van der Waals surface area contributed by atoms with Crippen molar-refractivity contribution < 1.29 is 31.1 Å². The van der Waals surface area contributed by atoms with Crippen LogP contribution < -0.4 is 10.1 Å². The number of nitrogens with zero attached hydrogens (tertiary/aromatic N) is 2. The van der Waals surface area contributed by atoms with E-state index in [0.717, 1.165) is 27.9 Å². The maximum absolute atomic E-state index is 13.3. The van der Waals surface area contributed by atoms with Crippen LogP contribution in [0.15, 0.2) is 88.9 Å². The van der Waals surface area contributed by atoms with Crippen molar-refractivity contribution in [3.05, 3.63) is 78.9 Å². The summed E-state index contributed by atoms with van der Waals surface area (Å²) in [5.74, 6) is -1.10. The second-order valence-electron chi connectivity index (χ2n) is 6.87. The summed E-state index contributed by atoms with van der Waals surface area (Å²) in [5.41, 5.74) is 1.07. The number of amides is 1. The molecule has 1 heterocycles. The highest BCUT2D eigenvalue weighted by Gasteiger charge is 2.31. The molecule has 1 N–H and O–H groups in total. The fourth-order valence-corrected chi connectivity index (χ4v) is 5.61. The van der Waals surface area contributed by atoms with Crippen LogP contribution in [-0.4, -0.2) is 35.4 Å². The summed E-state index contributed by atoms with van der Waals surface area (Å²) in [7, 11) is -3.98. The van der Waals surface area contributed by atoms with E-state index in [2.05, 4.69) is 15.0 Å². The number of aromatic nitrogens is 2. The molecule has 176 valence electrons. The van der Waals surface area contributed by atoms with Crippen LogP contribution in [0.5, 0.6) is 5.75 Å². The van der Waals surface area contributed by atoms with E-state index in [1.807, 2.05) is 0 Å². The summed E-state index contributed by atoms with van der Waals surface area (Å²) in [6.45, 7) is 0. The molecule has 0 radical (unpaired) electrons. The highest BCUT2D eigenvalue weighted by atomic mass is 32.2. The van der Waals surface area contributed by atoms with Crippen LogP contribution in [0.2, 0.25) is 0 Å². The molecule has 3 aromatic carbocycles. The number of imidazole rings is 1. The molecule has 0 saturated carbocycles. The Balaban J connectivity index is 1.53. The zero-order valence-corrected chi connectivity index (χ0v) is 18.8. The lowest BCUT2D eigenvalue weighted by Gasteiger charge is -2.11. The van der Waals surface area contributed by atoms with Crippen molar-refractivity contribution in [2.45, 2.75) is 16.4 Å². The number of hydrogen-bond donors (Lipinski definition) is 1. The van der Waals surface area contributed by atoms with Crippen LogP contribution in [0.25, 0.3) is 11.0 Å². The van der Waals surface area contributed by atoms with Crippen LogP contribution in [0.4, 0.5) is 18.9 Å². The van der Waals surface area contributed by atoms with Crippen molar-refractivity contribution in [2.24, 2.45) is 0 Å². The minimum atomic E-state index is -4.81. The second kappa shape index (κ2) is 9.39. The van der Waals surface area contributed by atoms with E-state index < -0.39 is 28.0 Å². The summed E-state index contributed by atoms with van der Waals surface area (Å²) < 4.78 is 68.3. The zero-order chi connectivity index (χ0) is 24.3. The molecular weight excluding hydrogens is 491 g/mol. The number of fused-ring (bicyclic) bond motifs is 1. The lowest BCUT2D eigenvalue weighted by atomic mass is 10.3. The van der Waals surface area contributed by atoms with Gasteiger partial charge < -0.3 is 10.1 Å². The molecule has 0 spiro atoms. The largest absolute Gasteiger partial charge is 0.573 e. The van der Waals surface area contributed by atoms with Gasteiger partial charge in [-0.3, -0.25) is 4.79 Å². The first-order valence-corrected chi connectivity index (χ1v) is 12.1. The summed E-state index contributed by atoms with van der Waals surface area (Å²) in [4.78, 5) is 16.9. The molecule has 7 nitrogen and oxygen atoms in total. The SMILES string of the molecule is O=C(CSc1nc2ccccc2n1S(=O)(=O)c1ccccc1)Nc1ccc(OC(F)(F)F)cc1. The molecule has 0 aliphatic heterocycles. The van der Waals surface area contributed by atoms with E-state index in [1.54, 1.807) is 42.5 Å². The van der Waals surface area contributed by atoms with E-state index >= 15 is 0 Å². The van der Waals surface area contributed by atoms with Gasteiger partial charge in [-0.2, -0.15) is 0 Å². The van der Waals surface area contributed by atoms with Crippen LogP contribution in [-0.2, 0) is 14.8 Å². The average Bonchev–Trinajstić information content (AvgIpc) is 3.18. The molecule has 34 heavy (non-hydrogen) atoms. The Morgan fingerprint density at radius 2 is 1.62 bits per heavy atom. The first kappa shape index (κ1) is 23.6. The van der Waals surface area contributed by atoms with E-state index in [1.165, 1.54) is 24.3 Å². The summed E-state index contributed by atoms with van der Waals surface area (Å²) in [6.07, 6.45) is -4.81.